The van der Waals surface area contributed by atoms with E-state index >= 15 is 0 Å². The molecule has 2 aliphatic rings. The van der Waals surface area contributed by atoms with Crippen molar-refractivity contribution in [2.24, 2.45) is 5.92 Å². The van der Waals surface area contributed by atoms with Crippen LogP contribution in [-0.2, 0) is 52.9 Å². The number of amides is 4. The number of aromatic nitrogens is 1. The molecule has 59 heavy (non-hydrogen) atoms. The molecule has 2 fully saturated rings. The van der Waals surface area contributed by atoms with Gasteiger partial charge in [-0.05, 0) is 69.7 Å². The number of aryl methyl sites for hydroxylation is 1. The maximum absolute atomic E-state index is 14.3. The highest BCUT2D eigenvalue weighted by atomic mass is 32.1. The van der Waals surface area contributed by atoms with Crippen LogP contribution < -0.4 is 16.0 Å². The van der Waals surface area contributed by atoms with Crippen LogP contribution in [0.5, 0.6) is 0 Å². The molecule has 1 aromatic heterocycles. The van der Waals surface area contributed by atoms with Gasteiger partial charge in [-0.15, -0.1) is 11.3 Å². The molecule has 3 aromatic rings. The third-order valence-corrected chi connectivity index (χ3v) is 11.8. The number of hydrogen-bond acceptors (Lipinski definition) is 11. The Bertz CT molecular complexity index is 1920. The van der Waals surface area contributed by atoms with E-state index in [1.165, 1.54) is 11.1 Å². The van der Waals surface area contributed by atoms with Crippen molar-refractivity contribution in [3.8, 4) is 0 Å². The van der Waals surface area contributed by atoms with E-state index in [1.54, 1.807) is 6.92 Å². The van der Waals surface area contributed by atoms with Gasteiger partial charge in [0.1, 0.15) is 40.2 Å². The van der Waals surface area contributed by atoms with Gasteiger partial charge in [0.2, 0.25) is 17.7 Å². The predicted molar refractivity (Wildman–Crippen MR) is 223 cm³/mol. The Balaban J connectivity index is 1.30. The van der Waals surface area contributed by atoms with Crippen molar-refractivity contribution in [1.82, 2.24) is 30.7 Å². The van der Waals surface area contributed by atoms with Gasteiger partial charge in [-0.1, -0.05) is 88.4 Å². The Morgan fingerprint density at radius 2 is 1.61 bits per heavy atom. The number of ether oxygens (including phenoxy) is 2. The zero-order valence-corrected chi connectivity index (χ0v) is 35.7. The summed E-state index contributed by atoms with van der Waals surface area (Å²) in [5.74, 6) is -2.44. The zero-order valence-electron chi connectivity index (χ0n) is 34.9. The fourth-order valence-electron chi connectivity index (χ4n) is 7.30. The number of rotatable bonds is 22. The molecule has 2 aliphatic heterocycles. The molecular formula is C44H58N6O8S. The molecule has 6 atom stereocenters. The van der Waals surface area contributed by atoms with Gasteiger partial charge in [0.15, 0.2) is 5.78 Å². The lowest BCUT2D eigenvalue weighted by Crippen LogP contribution is -2.57. The van der Waals surface area contributed by atoms with Gasteiger partial charge in [0.25, 0.3) is 5.91 Å². The highest BCUT2D eigenvalue weighted by Crippen LogP contribution is 2.30. The number of likely N-dealkylation sites (N-methyl/N-ethyl adjacent to an activating group) is 1. The summed E-state index contributed by atoms with van der Waals surface area (Å²) in [6.45, 7) is 13.2. The smallest absolute Gasteiger partial charge is 0.320 e. The van der Waals surface area contributed by atoms with Crippen LogP contribution >= 0.6 is 11.3 Å². The minimum atomic E-state index is -1.02. The number of thiazole rings is 1. The molecule has 0 bridgehead atoms. The van der Waals surface area contributed by atoms with E-state index in [0.717, 1.165) is 22.5 Å². The van der Waals surface area contributed by atoms with Crippen LogP contribution in [0, 0.1) is 5.92 Å². The van der Waals surface area contributed by atoms with Gasteiger partial charge in [0, 0.05) is 12.5 Å². The van der Waals surface area contributed by atoms with Crippen LogP contribution in [0.2, 0.25) is 0 Å². The third kappa shape index (κ3) is 12.5. The standard InChI is InChI=1S/C44H58N6O8S/c1-7-49(8-2)25-38(51)57-26-37-45-24-36(59-37)42(55)46-32(20-19-30-15-11-9-12-16-30)40(53)48-34-22-29(5)50(43(34)56)35(23-31-17-13-10-14-18-31)41(54)47-33(21-28(3)4)39(52)44(6)27-58-44/h9-18,24,28-29,32-35H,7-8,19-23,25-27H2,1-6H3,(H,46,55)(H,47,54)(H,48,53)/t29?,32-,33-,34-,35-,44?/m0/s1. The van der Waals surface area contributed by atoms with Crippen LogP contribution in [0.25, 0.3) is 0 Å². The Hall–Kier alpha value is -4.99. The largest absolute Gasteiger partial charge is 0.457 e. The summed E-state index contributed by atoms with van der Waals surface area (Å²) in [6, 6.07) is 14.7. The maximum Gasteiger partial charge on any atom is 0.320 e. The van der Waals surface area contributed by atoms with E-state index < -0.39 is 65.4 Å². The van der Waals surface area contributed by atoms with Crippen LogP contribution in [0.4, 0.5) is 0 Å². The number of hydrogen-bond donors (Lipinski definition) is 3. The van der Waals surface area contributed by atoms with Gasteiger partial charge in [-0.2, -0.15) is 0 Å². The lowest BCUT2D eigenvalue weighted by Gasteiger charge is -2.33. The van der Waals surface area contributed by atoms with Crippen LogP contribution in [0.15, 0.2) is 66.9 Å². The lowest BCUT2D eigenvalue weighted by molar-refractivity contribution is -0.146. The van der Waals surface area contributed by atoms with E-state index in [1.807, 2.05) is 100 Å². The summed E-state index contributed by atoms with van der Waals surface area (Å²) in [5, 5.41) is 9.15. The molecule has 14 nitrogen and oxygen atoms in total. The van der Waals surface area contributed by atoms with Crippen molar-refractivity contribution in [3.63, 3.8) is 0 Å². The van der Waals surface area contributed by atoms with Crippen LogP contribution in [-0.4, -0.2) is 112 Å². The number of nitrogens with zero attached hydrogens (tertiary/aromatic N) is 3. The number of benzene rings is 2. The Kier molecular flexibility index (Phi) is 15.9. The second kappa shape index (κ2) is 20.8. The summed E-state index contributed by atoms with van der Waals surface area (Å²) in [5.41, 5.74) is 0.856. The Morgan fingerprint density at radius 1 is 0.966 bits per heavy atom. The first-order chi connectivity index (χ1) is 28.2. The summed E-state index contributed by atoms with van der Waals surface area (Å²) in [6.07, 6.45) is 2.93. The van der Waals surface area contributed by atoms with E-state index in [9.17, 15) is 28.8 Å². The highest BCUT2D eigenvalue weighted by Gasteiger charge is 2.51. The number of carbonyl (C=O) groups excluding carboxylic acids is 6. The van der Waals surface area contributed by atoms with Gasteiger partial charge in [-0.3, -0.25) is 33.7 Å². The predicted octanol–water partition coefficient (Wildman–Crippen LogP) is 3.87. The van der Waals surface area contributed by atoms with E-state index in [2.05, 4.69) is 20.9 Å². The summed E-state index contributed by atoms with van der Waals surface area (Å²) < 4.78 is 10.8. The second-order valence-corrected chi connectivity index (χ2v) is 17.1. The molecule has 318 valence electrons. The summed E-state index contributed by atoms with van der Waals surface area (Å²) in [4.78, 5) is 90.0. The second-order valence-electron chi connectivity index (χ2n) is 16.0. The number of carbonyl (C=O) groups is 6. The summed E-state index contributed by atoms with van der Waals surface area (Å²) >= 11 is 1.06. The fraction of sp³-hybridized carbons (Fsp3) is 0.523. The SMILES string of the molecule is CCN(CC)CC(=O)OCc1ncc(C(=O)N[C@@H](CCc2ccccc2)C(=O)N[C@H]2CC(C)N([C@@H](Cc3ccccc3)C(=O)N[C@@H](CC(C)C)C(=O)C3(C)CO3)C2=O)s1. The zero-order chi connectivity index (χ0) is 42.7. The van der Waals surface area contributed by atoms with Crippen molar-refractivity contribution in [2.45, 2.75) is 116 Å². The normalized spacial score (nSPS) is 20.2. The number of ketones is 1. The minimum Gasteiger partial charge on any atom is -0.457 e. The van der Waals surface area contributed by atoms with Crippen LogP contribution in [0.3, 0.4) is 0 Å². The van der Waals surface area contributed by atoms with Crippen LogP contribution in [0.1, 0.15) is 86.6 Å². The molecule has 0 saturated carbocycles. The van der Waals surface area contributed by atoms with Gasteiger partial charge in [-0.25, -0.2) is 4.98 Å². The monoisotopic (exact) mass is 830 g/mol. The maximum atomic E-state index is 14.3. The molecule has 5 rings (SSSR count). The molecule has 15 heteroatoms. The average Bonchev–Trinajstić information content (AvgIpc) is 3.68. The van der Waals surface area contributed by atoms with Gasteiger partial charge < -0.3 is 30.3 Å². The number of likely N-dealkylation sites (tertiary alicyclic amines) is 1. The molecule has 0 aliphatic carbocycles. The molecule has 4 amide bonds. The average molecular weight is 831 g/mol. The quantitative estimate of drug-likeness (QED) is 0.0995. The molecule has 3 N–H and O–H groups in total. The first kappa shape index (κ1) is 45.1. The van der Waals surface area contributed by atoms with Crippen molar-refractivity contribution in [3.05, 3.63) is 87.9 Å². The van der Waals surface area contributed by atoms with Gasteiger partial charge >= 0.3 is 5.97 Å². The number of esters is 1. The van der Waals surface area contributed by atoms with Crippen molar-refractivity contribution >= 4 is 46.7 Å². The van der Waals surface area contributed by atoms with E-state index in [-0.39, 0.29) is 49.0 Å². The molecule has 0 radical (unpaired) electrons. The number of Topliss-reactive ketones (excluding diaryl/α,β-unsaturated/α-hetero) is 1. The third-order valence-electron chi connectivity index (χ3n) is 10.8. The molecule has 2 aromatic carbocycles. The first-order valence-corrected chi connectivity index (χ1v) is 21.3. The topological polar surface area (TPSA) is 180 Å². The molecule has 0 spiro atoms. The highest BCUT2D eigenvalue weighted by molar-refractivity contribution is 7.13. The Morgan fingerprint density at radius 3 is 2.22 bits per heavy atom. The molecule has 2 saturated heterocycles. The number of epoxide rings is 1. The Labute approximate surface area is 350 Å². The van der Waals surface area contributed by atoms with E-state index in [0.29, 0.717) is 37.5 Å². The minimum absolute atomic E-state index is 0.0831. The van der Waals surface area contributed by atoms with E-state index in [4.69, 9.17) is 9.47 Å². The fourth-order valence-corrected chi connectivity index (χ4v) is 8.04. The molecule has 3 heterocycles. The lowest BCUT2D eigenvalue weighted by atomic mass is 9.92. The van der Waals surface area contributed by atoms with Crippen molar-refractivity contribution < 1.29 is 38.2 Å². The van der Waals surface area contributed by atoms with Gasteiger partial charge in [0.05, 0.1) is 25.4 Å². The first-order valence-electron chi connectivity index (χ1n) is 20.5. The number of nitrogens with one attached hydrogen (secondary N) is 3. The summed E-state index contributed by atoms with van der Waals surface area (Å²) in [7, 11) is 0. The van der Waals surface area contributed by atoms with Crippen molar-refractivity contribution in [2.75, 3.05) is 26.2 Å². The van der Waals surface area contributed by atoms with Crippen molar-refractivity contribution in [1.29, 1.82) is 0 Å². The molecule has 2 unspecified atom stereocenters. The molecular weight excluding hydrogens is 773 g/mol.